The third-order valence-electron chi connectivity index (χ3n) is 4.00. The Balaban J connectivity index is 2.15. The summed E-state index contributed by atoms with van der Waals surface area (Å²) in [4.78, 5) is 0. The number of hydrogen-bond donors (Lipinski definition) is 0. The average Bonchev–Trinajstić information content (AvgIpc) is 2.59. The van der Waals surface area contributed by atoms with E-state index in [-0.39, 0.29) is 0 Å². The lowest BCUT2D eigenvalue weighted by Crippen LogP contribution is -2.29. The van der Waals surface area contributed by atoms with Crippen molar-refractivity contribution in [2.45, 2.75) is 52.4 Å². The first-order chi connectivity index (χ1) is 4.66. The minimum atomic E-state index is 0.686. The van der Waals surface area contributed by atoms with Crippen molar-refractivity contribution in [2.75, 3.05) is 0 Å². The normalized spacial score (nSPS) is 34.2. The molecule has 2 fully saturated rings. The maximum Gasteiger partial charge on any atom is -0.0246 e. The van der Waals surface area contributed by atoms with Gasteiger partial charge in [0.1, 0.15) is 0 Å². The van der Waals surface area contributed by atoms with Gasteiger partial charge in [0.15, 0.2) is 0 Å². The van der Waals surface area contributed by atoms with Crippen molar-refractivity contribution in [3.63, 3.8) is 0 Å². The second kappa shape index (κ2) is 1.78. The van der Waals surface area contributed by atoms with Crippen LogP contribution < -0.4 is 0 Å². The minimum absolute atomic E-state index is 0.686. The first-order valence-corrected chi connectivity index (χ1v) is 4.66. The summed E-state index contributed by atoms with van der Waals surface area (Å²) < 4.78 is 0. The zero-order valence-corrected chi connectivity index (χ0v) is 7.24. The van der Waals surface area contributed by atoms with Crippen LogP contribution in [0.1, 0.15) is 52.4 Å². The summed E-state index contributed by atoms with van der Waals surface area (Å²) in [5, 5.41) is 0. The molecule has 0 heteroatoms. The molecule has 2 rings (SSSR count). The number of hydrogen-bond acceptors (Lipinski definition) is 0. The maximum absolute atomic E-state index is 2.47. The highest BCUT2D eigenvalue weighted by atomic mass is 14.6. The molecule has 0 aromatic carbocycles. The van der Waals surface area contributed by atoms with Crippen molar-refractivity contribution < 1.29 is 0 Å². The lowest BCUT2D eigenvalue weighted by Gasteiger charge is -2.39. The molecule has 0 aromatic heterocycles. The molecule has 0 aromatic rings. The Kier molecular flexibility index (Phi) is 1.19. The van der Waals surface area contributed by atoms with Crippen LogP contribution in [0.2, 0.25) is 0 Å². The summed E-state index contributed by atoms with van der Waals surface area (Å²) in [5.41, 5.74) is 1.51. The van der Waals surface area contributed by atoms with Gasteiger partial charge in [0.05, 0.1) is 0 Å². The fraction of sp³-hybridized carbons (Fsp3) is 1.00. The van der Waals surface area contributed by atoms with Crippen LogP contribution in [0.3, 0.4) is 0 Å². The van der Waals surface area contributed by atoms with E-state index in [9.17, 15) is 0 Å². The Morgan fingerprint density at radius 2 is 1.40 bits per heavy atom. The van der Waals surface area contributed by atoms with Gasteiger partial charge in [-0.15, -0.1) is 0 Å². The predicted octanol–water partition coefficient (Wildman–Crippen LogP) is 3.37. The third-order valence-corrected chi connectivity index (χ3v) is 4.00. The Morgan fingerprint density at radius 1 is 0.800 bits per heavy atom. The molecule has 0 N–H and O–H groups in total. The van der Waals surface area contributed by atoms with Crippen LogP contribution in [0.5, 0.6) is 0 Å². The van der Waals surface area contributed by atoms with E-state index < -0.39 is 0 Å². The van der Waals surface area contributed by atoms with Gasteiger partial charge in [0, 0.05) is 0 Å². The van der Waals surface area contributed by atoms with Crippen LogP contribution >= 0.6 is 0 Å². The third kappa shape index (κ3) is 0.741. The maximum atomic E-state index is 2.47. The molecule has 2 aliphatic carbocycles. The van der Waals surface area contributed by atoms with E-state index in [0.717, 1.165) is 5.41 Å². The molecule has 0 unspecified atom stereocenters. The summed E-state index contributed by atoms with van der Waals surface area (Å²) in [7, 11) is 0. The Morgan fingerprint density at radius 3 is 1.80 bits per heavy atom. The smallest absolute Gasteiger partial charge is 0.0246 e. The molecule has 2 saturated carbocycles. The highest BCUT2D eigenvalue weighted by molar-refractivity contribution is 5.04. The molecule has 0 radical (unpaired) electrons. The summed E-state index contributed by atoms with van der Waals surface area (Å²) >= 11 is 0. The van der Waals surface area contributed by atoms with Gasteiger partial charge in [-0.3, -0.25) is 0 Å². The Labute approximate surface area is 64.0 Å². The van der Waals surface area contributed by atoms with Gasteiger partial charge in [-0.1, -0.05) is 26.7 Å². The summed E-state index contributed by atoms with van der Waals surface area (Å²) in [6.07, 6.45) is 9.05. The van der Waals surface area contributed by atoms with Crippen molar-refractivity contribution in [1.82, 2.24) is 0 Å². The summed E-state index contributed by atoms with van der Waals surface area (Å²) in [6, 6.07) is 0. The van der Waals surface area contributed by atoms with Crippen molar-refractivity contribution in [3.8, 4) is 0 Å². The zero-order chi connectivity index (χ0) is 7.24. The molecule has 1 spiro atoms. The predicted molar refractivity (Wildman–Crippen MR) is 43.9 cm³/mol. The monoisotopic (exact) mass is 138 g/mol. The van der Waals surface area contributed by atoms with Crippen LogP contribution in [0.25, 0.3) is 0 Å². The molecule has 2 aliphatic rings. The Bertz CT molecular complexity index is 134. The molecule has 0 atom stereocenters. The Hall–Kier alpha value is 0. The van der Waals surface area contributed by atoms with E-state index in [1.54, 1.807) is 0 Å². The van der Waals surface area contributed by atoms with Crippen LogP contribution in [0, 0.1) is 10.8 Å². The van der Waals surface area contributed by atoms with Crippen LogP contribution in [0.15, 0.2) is 0 Å². The van der Waals surface area contributed by atoms with Crippen molar-refractivity contribution in [2.24, 2.45) is 10.8 Å². The molecule has 0 nitrogen and oxygen atoms in total. The second-order valence-corrected chi connectivity index (χ2v) is 4.87. The summed E-state index contributed by atoms with van der Waals surface area (Å²) in [5.74, 6) is 0. The highest BCUT2D eigenvalue weighted by Crippen LogP contribution is 2.65. The van der Waals surface area contributed by atoms with Crippen LogP contribution in [-0.2, 0) is 0 Å². The SMILES string of the molecule is CC1(C)CCCCC12CC2. The molecule has 0 aliphatic heterocycles. The van der Waals surface area contributed by atoms with E-state index in [4.69, 9.17) is 0 Å². The van der Waals surface area contributed by atoms with E-state index in [1.165, 1.54) is 38.5 Å². The van der Waals surface area contributed by atoms with Gasteiger partial charge >= 0.3 is 0 Å². The molecular weight excluding hydrogens is 120 g/mol. The van der Waals surface area contributed by atoms with E-state index >= 15 is 0 Å². The molecule has 0 heterocycles. The lowest BCUT2D eigenvalue weighted by molar-refractivity contribution is 0.115. The molecule has 0 saturated heterocycles. The first kappa shape index (κ1) is 6.69. The molecule has 10 heavy (non-hydrogen) atoms. The van der Waals surface area contributed by atoms with Gasteiger partial charge in [-0.2, -0.15) is 0 Å². The quantitative estimate of drug-likeness (QED) is 0.481. The van der Waals surface area contributed by atoms with Crippen molar-refractivity contribution in [3.05, 3.63) is 0 Å². The van der Waals surface area contributed by atoms with Gasteiger partial charge in [0.2, 0.25) is 0 Å². The highest BCUT2D eigenvalue weighted by Gasteiger charge is 2.54. The minimum Gasteiger partial charge on any atom is -0.0594 e. The fourth-order valence-corrected chi connectivity index (χ4v) is 2.71. The van der Waals surface area contributed by atoms with Gasteiger partial charge in [0.25, 0.3) is 0 Å². The van der Waals surface area contributed by atoms with Gasteiger partial charge < -0.3 is 0 Å². The van der Waals surface area contributed by atoms with Gasteiger partial charge in [-0.05, 0) is 36.5 Å². The first-order valence-electron chi connectivity index (χ1n) is 4.66. The van der Waals surface area contributed by atoms with E-state index in [0.29, 0.717) is 5.41 Å². The lowest BCUT2D eigenvalue weighted by atomic mass is 9.66. The molecular formula is C10H18. The summed E-state index contributed by atoms with van der Waals surface area (Å²) in [6.45, 7) is 4.94. The average molecular weight is 138 g/mol. The van der Waals surface area contributed by atoms with Crippen LogP contribution in [-0.4, -0.2) is 0 Å². The largest absolute Gasteiger partial charge is 0.0594 e. The van der Waals surface area contributed by atoms with Gasteiger partial charge in [-0.25, -0.2) is 0 Å². The number of rotatable bonds is 0. The van der Waals surface area contributed by atoms with E-state index in [2.05, 4.69) is 13.8 Å². The zero-order valence-electron chi connectivity index (χ0n) is 7.24. The van der Waals surface area contributed by atoms with Crippen molar-refractivity contribution >= 4 is 0 Å². The molecule has 58 valence electrons. The standard InChI is InChI=1S/C10H18/c1-9(2)5-3-4-6-10(9)7-8-10/h3-8H2,1-2H3. The molecule has 0 amide bonds. The molecule has 0 bridgehead atoms. The second-order valence-electron chi connectivity index (χ2n) is 4.87. The fourth-order valence-electron chi connectivity index (χ4n) is 2.71. The topological polar surface area (TPSA) is 0 Å². The van der Waals surface area contributed by atoms with E-state index in [1.807, 2.05) is 0 Å². The van der Waals surface area contributed by atoms with Crippen LogP contribution in [0.4, 0.5) is 0 Å². The van der Waals surface area contributed by atoms with Crippen molar-refractivity contribution in [1.29, 1.82) is 0 Å².